The van der Waals surface area contributed by atoms with Crippen LogP contribution in [0.3, 0.4) is 0 Å². The Kier molecular flexibility index (Phi) is 6.88. The number of amides is 1. The normalized spacial score (nSPS) is 19.4. The third-order valence-corrected chi connectivity index (χ3v) is 9.10. The van der Waals surface area contributed by atoms with Crippen molar-refractivity contribution in [1.29, 1.82) is 0 Å². The number of fused-ring (bicyclic) bond motifs is 1. The lowest BCUT2D eigenvalue weighted by Gasteiger charge is -2.34. The summed E-state index contributed by atoms with van der Waals surface area (Å²) in [5.74, 6) is -0.361. The molecule has 0 radical (unpaired) electrons. The van der Waals surface area contributed by atoms with Crippen molar-refractivity contribution in [2.45, 2.75) is 45.2 Å². The number of hydrogen-bond donors (Lipinski definition) is 1. The summed E-state index contributed by atoms with van der Waals surface area (Å²) in [5, 5.41) is 2.71. The first-order chi connectivity index (χ1) is 16.1. The third-order valence-electron chi connectivity index (χ3n) is 5.95. The van der Waals surface area contributed by atoms with E-state index >= 15 is 0 Å². The number of hydrogen-bond acceptors (Lipinski definition) is 6. The van der Waals surface area contributed by atoms with E-state index in [1.165, 1.54) is 22.8 Å². The summed E-state index contributed by atoms with van der Waals surface area (Å²) in [4.78, 5) is 30.8. The molecule has 3 heterocycles. The summed E-state index contributed by atoms with van der Waals surface area (Å²) >= 11 is 1.16. The van der Waals surface area contributed by atoms with Gasteiger partial charge in [0.2, 0.25) is 15.9 Å². The number of aryl methyl sites for hydroxylation is 1. The number of nitrogens with one attached hydrogen (secondary N) is 1. The monoisotopic (exact) mass is 506 g/mol. The van der Waals surface area contributed by atoms with E-state index in [2.05, 4.69) is 10.3 Å². The summed E-state index contributed by atoms with van der Waals surface area (Å²) in [7, 11) is -3.90. The highest BCUT2D eigenvalue weighted by Crippen LogP contribution is 2.35. The van der Waals surface area contributed by atoms with Gasteiger partial charge < -0.3 is 5.32 Å². The maximum absolute atomic E-state index is 13.6. The van der Waals surface area contributed by atoms with Gasteiger partial charge in [0.25, 0.3) is 5.56 Å². The van der Waals surface area contributed by atoms with Gasteiger partial charge in [0.05, 0.1) is 11.7 Å². The van der Waals surface area contributed by atoms with Crippen molar-refractivity contribution in [1.82, 2.24) is 19.2 Å². The summed E-state index contributed by atoms with van der Waals surface area (Å²) in [5.41, 5.74) is 0.144. The summed E-state index contributed by atoms with van der Waals surface area (Å²) in [6, 6.07) is 5.72. The number of aromatic nitrogens is 2. The Labute approximate surface area is 201 Å². The molecule has 1 fully saturated rings. The van der Waals surface area contributed by atoms with E-state index in [9.17, 15) is 22.4 Å². The van der Waals surface area contributed by atoms with E-state index in [4.69, 9.17) is 0 Å². The molecule has 1 aliphatic rings. The molecule has 1 saturated heterocycles. The fourth-order valence-electron chi connectivity index (χ4n) is 4.48. The number of thiophene rings is 1. The topological polar surface area (TPSA) is 101 Å². The summed E-state index contributed by atoms with van der Waals surface area (Å²) in [6.45, 7) is 6.40. The van der Waals surface area contributed by atoms with Crippen LogP contribution >= 0.6 is 11.3 Å². The second-order valence-electron chi connectivity index (χ2n) is 9.02. The fourth-order valence-corrected chi connectivity index (χ4v) is 7.83. The quantitative estimate of drug-likeness (QED) is 0.554. The average molecular weight is 507 g/mol. The molecule has 4 rings (SSSR count). The number of sulfonamides is 1. The van der Waals surface area contributed by atoms with E-state index in [0.717, 1.165) is 22.3 Å². The largest absolute Gasteiger partial charge is 0.350 e. The predicted octanol–water partition coefficient (Wildman–Crippen LogP) is 2.89. The second kappa shape index (κ2) is 9.55. The summed E-state index contributed by atoms with van der Waals surface area (Å²) < 4.78 is 42.8. The zero-order valence-corrected chi connectivity index (χ0v) is 20.9. The van der Waals surface area contributed by atoms with Gasteiger partial charge in [-0.1, -0.05) is 26.0 Å². The van der Waals surface area contributed by atoms with Crippen LogP contribution in [0.5, 0.6) is 0 Å². The van der Waals surface area contributed by atoms with Crippen molar-refractivity contribution in [3.05, 3.63) is 57.2 Å². The Hall–Kier alpha value is -2.63. The smallest absolute Gasteiger partial charge is 0.263 e. The van der Waals surface area contributed by atoms with Crippen LogP contribution in [-0.2, 0) is 27.9 Å². The van der Waals surface area contributed by atoms with Gasteiger partial charge in [-0.15, -0.1) is 11.3 Å². The van der Waals surface area contributed by atoms with Gasteiger partial charge in [-0.05, 0) is 42.9 Å². The molecular weight excluding hydrogens is 479 g/mol. The molecule has 0 bridgehead atoms. The number of benzene rings is 1. The van der Waals surface area contributed by atoms with Gasteiger partial charge in [-0.3, -0.25) is 14.2 Å². The van der Waals surface area contributed by atoms with Gasteiger partial charge in [0, 0.05) is 24.5 Å². The molecule has 3 aromatic rings. The lowest BCUT2D eigenvalue weighted by molar-refractivity contribution is -0.121. The van der Waals surface area contributed by atoms with Crippen LogP contribution in [0, 0.1) is 24.6 Å². The number of rotatable bonds is 6. The van der Waals surface area contributed by atoms with Gasteiger partial charge in [-0.2, -0.15) is 4.31 Å². The Morgan fingerprint density at radius 1 is 1.21 bits per heavy atom. The Morgan fingerprint density at radius 3 is 2.50 bits per heavy atom. The molecule has 2 atom stereocenters. The van der Waals surface area contributed by atoms with E-state index in [-0.39, 0.29) is 41.0 Å². The third kappa shape index (κ3) is 4.91. The minimum atomic E-state index is -3.90. The van der Waals surface area contributed by atoms with Crippen molar-refractivity contribution in [2.75, 3.05) is 13.1 Å². The highest BCUT2D eigenvalue weighted by atomic mass is 32.2. The minimum absolute atomic E-state index is 0.00706. The standard InChI is InChI=1S/C23H27FN4O4S2/c1-14-8-15(2)11-28(10-14)34(31,32)21-16(3)33-22-20(21)23(30)27(13-26-22)12-19(29)25-9-17-4-6-18(24)7-5-17/h4-7,13-15H,8-12H2,1-3H3,(H,25,29)/t14-,15-/m0/s1. The molecular formula is C23H27FN4O4S2. The number of halogens is 1. The number of carbonyl (C=O) groups is 1. The maximum atomic E-state index is 13.6. The van der Waals surface area contributed by atoms with Gasteiger partial charge in [0.1, 0.15) is 22.1 Å². The van der Waals surface area contributed by atoms with Crippen LogP contribution in [0.15, 0.2) is 40.3 Å². The molecule has 8 nitrogen and oxygen atoms in total. The zero-order valence-electron chi connectivity index (χ0n) is 19.2. The Morgan fingerprint density at radius 2 is 1.85 bits per heavy atom. The molecule has 0 saturated carbocycles. The number of piperidine rings is 1. The molecule has 1 aliphatic heterocycles. The predicted molar refractivity (Wildman–Crippen MR) is 129 cm³/mol. The van der Waals surface area contributed by atoms with E-state index in [0.29, 0.717) is 28.4 Å². The lowest BCUT2D eigenvalue weighted by atomic mass is 9.94. The first-order valence-electron chi connectivity index (χ1n) is 11.1. The van der Waals surface area contributed by atoms with E-state index in [1.54, 1.807) is 19.1 Å². The highest BCUT2D eigenvalue weighted by Gasteiger charge is 2.35. The van der Waals surface area contributed by atoms with Crippen molar-refractivity contribution < 1.29 is 17.6 Å². The minimum Gasteiger partial charge on any atom is -0.350 e. The number of nitrogens with zero attached hydrogens (tertiary/aromatic N) is 3. The van der Waals surface area contributed by atoms with Gasteiger partial charge in [-0.25, -0.2) is 17.8 Å². The van der Waals surface area contributed by atoms with E-state index < -0.39 is 21.5 Å². The Balaban J connectivity index is 1.62. The lowest BCUT2D eigenvalue weighted by Crippen LogP contribution is -2.43. The molecule has 182 valence electrons. The van der Waals surface area contributed by atoms with Gasteiger partial charge >= 0.3 is 0 Å². The van der Waals surface area contributed by atoms with Crippen LogP contribution in [0.2, 0.25) is 0 Å². The van der Waals surface area contributed by atoms with E-state index in [1.807, 2.05) is 13.8 Å². The van der Waals surface area contributed by atoms with Crippen LogP contribution < -0.4 is 10.9 Å². The Bertz CT molecular complexity index is 1370. The van der Waals surface area contributed by atoms with Crippen LogP contribution in [0.25, 0.3) is 10.2 Å². The molecule has 0 spiro atoms. The van der Waals surface area contributed by atoms with Crippen LogP contribution in [-0.4, -0.2) is 41.3 Å². The molecule has 34 heavy (non-hydrogen) atoms. The summed E-state index contributed by atoms with van der Waals surface area (Å²) in [6.07, 6.45) is 2.22. The average Bonchev–Trinajstić information content (AvgIpc) is 3.12. The fraction of sp³-hybridized carbons (Fsp3) is 0.435. The van der Waals surface area contributed by atoms with Crippen molar-refractivity contribution in [2.24, 2.45) is 11.8 Å². The molecule has 1 aromatic carbocycles. The van der Waals surface area contributed by atoms with Gasteiger partial charge in [0.15, 0.2) is 0 Å². The molecule has 11 heteroatoms. The van der Waals surface area contributed by atoms with Crippen LogP contribution in [0.1, 0.15) is 30.7 Å². The maximum Gasteiger partial charge on any atom is 0.263 e. The molecule has 1 amide bonds. The molecule has 2 aromatic heterocycles. The number of carbonyl (C=O) groups excluding carboxylic acids is 1. The highest BCUT2D eigenvalue weighted by molar-refractivity contribution is 7.89. The van der Waals surface area contributed by atoms with Crippen molar-refractivity contribution in [3.63, 3.8) is 0 Å². The second-order valence-corrected chi connectivity index (χ2v) is 12.1. The SMILES string of the molecule is Cc1sc2ncn(CC(=O)NCc3ccc(F)cc3)c(=O)c2c1S(=O)(=O)N1C[C@@H](C)C[C@H](C)C1. The molecule has 1 N–H and O–H groups in total. The molecule has 0 aliphatic carbocycles. The van der Waals surface area contributed by atoms with Crippen molar-refractivity contribution >= 4 is 37.5 Å². The first-order valence-corrected chi connectivity index (χ1v) is 13.3. The first kappa shape index (κ1) is 24.5. The van der Waals surface area contributed by atoms with Crippen LogP contribution in [0.4, 0.5) is 4.39 Å². The zero-order chi connectivity index (χ0) is 24.6. The van der Waals surface area contributed by atoms with Crippen molar-refractivity contribution in [3.8, 4) is 0 Å². The molecule has 0 unspecified atom stereocenters.